The number of hydrogen-bond donors (Lipinski definition) is 0. The average Bonchev–Trinajstić information content (AvgIpc) is 2.34. The fraction of sp³-hybridized carbons (Fsp3) is 0. The number of rotatable bonds is 2. The summed E-state index contributed by atoms with van der Waals surface area (Å²) in [6, 6.07) is 9.62. The van der Waals surface area contributed by atoms with Gasteiger partial charge in [-0.1, -0.05) is 6.07 Å². The summed E-state index contributed by atoms with van der Waals surface area (Å²) in [4.78, 5) is 0. The van der Waals surface area contributed by atoms with E-state index < -0.39 is 11.6 Å². The van der Waals surface area contributed by atoms with E-state index in [-0.39, 0.29) is 17.1 Å². The lowest BCUT2D eigenvalue weighted by Gasteiger charge is -2.09. The number of hydrogen-bond acceptors (Lipinski definition) is 2. The van der Waals surface area contributed by atoms with Gasteiger partial charge in [0, 0.05) is 10.5 Å². The fourth-order valence-electron chi connectivity index (χ4n) is 1.37. The molecule has 90 valence electrons. The fourth-order valence-corrected chi connectivity index (χ4v) is 1.81. The lowest BCUT2D eigenvalue weighted by Crippen LogP contribution is -1.92. The van der Waals surface area contributed by atoms with Crippen LogP contribution in [-0.2, 0) is 0 Å². The summed E-state index contributed by atoms with van der Waals surface area (Å²) in [6.45, 7) is 0. The van der Waals surface area contributed by atoms with E-state index >= 15 is 0 Å². The van der Waals surface area contributed by atoms with Crippen molar-refractivity contribution in [2.45, 2.75) is 0 Å². The van der Waals surface area contributed by atoms with Crippen LogP contribution in [0.1, 0.15) is 5.56 Å². The van der Waals surface area contributed by atoms with Gasteiger partial charge in [0.25, 0.3) is 0 Å². The molecule has 0 saturated carbocycles. The van der Waals surface area contributed by atoms with E-state index in [0.29, 0.717) is 4.47 Å². The molecule has 2 nitrogen and oxygen atoms in total. The van der Waals surface area contributed by atoms with E-state index in [2.05, 4.69) is 15.9 Å². The smallest absolute Gasteiger partial charge is 0.166 e. The lowest BCUT2D eigenvalue weighted by molar-refractivity contribution is 0.435. The molecule has 5 heteroatoms. The van der Waals surface area contributed by atoms with Crippen molar-refractivity contribution in [1.82, 2.24) is 0 Å². The minimum atomic E-state index is -0.694. The highest BCUT2D eigenvalue weighted by molar-refractivity contribution is 9.10. The van der Waals surface area contributed by atoms with Crippen LogP contribution in [0.5, 0.6) is 11.5 Å². The Labute approximate surface area is 111 Å². The molecule has 0 aliphatic rings. The van der Waals surface area contributed by atoms with E-state index in [4.69, 9.17) is 10.00 Å². The molecule has 2 aromatic carbocycles. The molecular weight excluding hydrogens is 304 g/mol. The van der Waals surface area contributed by atoms with Crippen LogP contribution in [0.2, 0.25) is 0 Å². The van der Waals surface area contributed by atoms with Crippen molar-refractivity contribution in [2.24, 2.45) is 0 Å². The molecule has 2 aromatic rings. The van der Waals surface area contributed by atoms with E-state index in [0.717, 1.165) is 18.2 Å². The molecule has 0 aliphatic heterocycles. The van der Waals surface area contributed by atoms with Crippen LogP contribution in [-0.4, -0.2) is 0 Å². The maximum atomic E-state index is 13.4. The van der Waals surface area contributed by atoms with E-state index in [1.165, 1.54) is 6.07 Å². The highest BCUT2D eigenvalue weighted by atomic mass is 79.9. The normalized spacial score (nSPS) is 9.89. The van der Waals surface area contributed by atoms with Gasteiger partial charge in [-0.05, 0) is 40.2 Å². The molecule has 0 radical (unpaired) electrons. The van der Waals surface area contributed by atoms with Gasteiger partial charge in [-0.2, -0.15) is 5.26 Å². The van der Waals surface area contributed by atoms with Gasteiger partial charge in [-0.15, -0.1) is 0 Å². The maximum absolute atomic E-state index is 13.4. The van der Waals surface area contributed by atoms with Crippen molar-refractivity contribution in [3.63, 3.8) is 0 Å². The van der Waals surface area contributed by atoms with Crippen LogP contribution in [0.15, 0.2) is 40.9 Å². The summed E-state index contributed by atoms with van der Waals surface area (Å²) in [6.07, 6.45) is 0. The van der Waals surface area contributed by atoms with Crippen molar-refractivity contribution in [2.75, 3.05) is 0 Å². The second kappa shape index (κ2) is 5.15. The van der Waals surface area contributed by atoms with E-state index in [9.17, 15) is 8.78 Å². The summed E-state index contributed by atoms with van der Waals surface area (Å²) < 4.78 is 32.1. The Morgan fingerprint density at radius 3 is 2.61 bits per heavy atom. The third-order valence-electron chi connectivity index (χ3n) is 2.20. The molecule has 18 heavy (non-hydrogen) atoms. The second-order valence-electron chi connectivity index (χ2n) is 3.40. The average molecular weight is 310 g/mol. The number of nitrogens with zero attached hydrogens (tertiary/aromatic N) is 1. The van der Waals surface area contributed by atoms with E-state index in [1.54, 1.807) is 12.1 Å². The Kier molecular flexibility index (Phi) is 3.58. The minimum Gasteiger partial charge on any atom is -0.453 e. The zero-order chi connectivity index (χ0) is 13.1. The molecule has 0 fully saturated rings. The third-order valence-corrected chi connectivity index (χ3v) is 2.86. The van der Waals surface area contributed by atoms with Gasteiger partial charge >= 0.3 is 0 Å². The predicted molar refractivity (Wildman–Crippen MR) is 65.3 cm³/mol. The summed E-state index contributed by atoms with van der Waals surface area (Å²) in [7, 11) is 0. The summed E-state index contributed by atoms with van der Waals surface area (Å²) >= 11 is 3.18. The van der Waals surface area contributed by atoms with E-state index in [1.807, 2.05) is 6.07 Å². The topological polar surface area (TPSA) is 33.0 Å². The molecule has 0 unspecified atom stereocenters. The Hall–Kier alpha value is -1.93. The molecule has 0 atom stereocenters. The van der Waals surface area contributed by atoms with Crippen LogP contribution in [0.3, 0.4) is 0 Å². The Morgan fingerprint density at radius 2 is 1.89 bits per heavy atom. The molecule has 0 aliphatic carbocycles. The standard InChI is InChI=1S/C13H6BrF2NO/c14-10-2-1-3-12(9(10)7-17)18-13-6-8(15)4-5-11(13)16/h1-6H. The van der Waals surface area contributed by atoms with Crippen LogP contribution in [0.25, 0.3) is 0 Å². The number of nitriles is 1. The quantitative estimate of drug-likeness (QED) is 0.824. The summed E-state index contributed by atoms with van der Waals surface area (Å²) in [5.74, 6) is -1.40. The first-order valence-electron chi connectivity index (χ1n) is 4.93. The summed E-state index contributed by atoms with van der Waals surface area (Å²) in [5, 5.41) is 8.97. The lowest BCUT2D eigenvalue weighted by atomic mass is 10.2. The third kappa shape index (κ3) is 2.49. The van der Waals surface area contributed by atoms with Crippen molar-refractivity contribution >= 4 is 15.9 Å². The van der Waals surface area contributed by atoms with Crippen LogP contribution < -0.4 is 4.74 Å². The molecule has 0 aromatic heterocycles. The molecule has 0 saturated heterocycles. The van der Waals surface area contributed by atoms with Crippen molar-refractivity contribution in [3.05, 3.63) is 58.1 Å². The molecule has 0 spiro atoms. The molecule has 2 rings (SSSR count). The molecule has 0 bridgehead atoms. The monoisotopic (exact) mass is 309 g/mol. The Bertz CT molecular complexity index is 637. The Balaban J connectivity index is 2.44. The molecule has 0 N–H and O–H groups in total. The van der Waals surface area contributed by atoms with Gasteiger partial charge in [-0.25, -0.2) is 8.78 Å². The predicted octanol–water partition coefficient (Wildman–Crippen LogP) is 4.39. The van der Waals surface area contributed by atoms with Gasteiger partial charge < -0.3 is 4.74 Å². The maximum Gasteiger partial charge on any atom is 0.166 e. The number of halogens is 3. The van der Waals surface area contributed by atoms with Crippen molar-refractivity contribution in [1.29, 1.82) is 5.26 Å². The minimum absolute atomic E-state index is 0.163. The molecule has 0 amide bonds. The van der Waals surface area contributed by atoms with Crippen LogP contribution >= 0.6 is 15.9 Å². The van der Waals surface area contributed by atoms with Gasteiger partial charge in [0.2, 0.25) is 0 Å². The highest BCUT2D eigenvalue weighted by Gasteiger charge is 2.11. The van der Waals surface area contributed by atoms with Crippen molar-refractivity contribution < 1.29 is 13.5 Å². The van der Waals surface area contributed by atoms with Gasteiger partial charge in [-0.3, -0.25) is 0 Å². The first kappa shape index (κ1) is 12.5. The number of benzene rings is 2. The highest BCUT2D eigenvalue weighted by Crippen LogP contribution is 2.31. The summed E-state index contributed by atoms with van der Waals surface area (Å²) in [5.41, 5.74) is 0.223. The first-order chi connectivity index (χ1) is 8.61. The first-order valence-corrected chi connectivity index (χ1v) is 5.72. The van der Waals surface area contributed by atoms with Gasteiger partial charge in [0.15, 0.2) is 11.6 Å². The zero-order valence-electron chi connectivity index (χ0n) is 8.95. The van der Waals surface area contributed by atoms with Gasteiger partial charge in [0.05, 0.1) is 0 Å². The van der Waals surface area contributed by atoms with Gasteiger partial charge in [0.1, 0.15) is 23.2 Å². The van der Waals surface area contributed by atoms with Crippen LogP contribution in [0, 0.1) is 23.0 Å². The molecular formula is C13H6BrF2NO. The number of ether oxygens (including phenoxy) is 1. The molecule has 0 heterocycles. The second-order valence-corrected chi connectivity index (χ2v) is 4.26. The zero-order valence-corrected chi connectivity index (χ0v) is 10.5. The van der Waals surface area contributed by atoms with Crippen LogP contribution in [0.4, 0.5) is 8.78 Å². The Morgan fingerprint density at radius 1 is 1.11 bits per heavy atom. The SMILES string of the molecule is N#Cc1c(Br)cccc1Oc1cc(F)ccc1F. The largest absolute Gasteiger partial charge is 0.453 e. The van der Waals surface area contributed by atoms with Crippen molar-refractivity contribution in [3.8, 4) is 17.6 Å².